The number of nitrogens with zero attached hydrogens (tertiary/aromatic N) is 4. The monoisotopic (exact) mass is 605 g/mol. The number of aromatic amines is 1. The Labute approximate surface area is 254 Å². The number of benzene rings is 2. The highest BCUT2D eigenvalue weighted by molar-refractivity contribution is 7.92. The number of imidazole rings is 1. The van der Waals surface area contributed by atoms with Crippen molar-refractivity contribution in [1.29, 1.82) is 0 Å². The maximum atomic E-state index is 13.1. The SMILES string of the molecule is Cc1cc(Nc2nc(Nc3ccccc3S(=O)(=O)C(C)C)c3[nH]cnc3n2)c(OC(C)C)cc1C1CCC(N(C)C)CC1. The second-order valence-electron chi connectivity index (χ2n) is 12.2. The van der Waals surface area contributed by atoms with Crippen molar-refractivity contribution in [2.75, 3.05) is 24.7 Å². The van der Waals surface area contributed by atoms with E-state index in [1.54, 1.807) is 44.4 Å². The van der Waals surface area contributed by atoms with Crippen LogP contribution in [-0.4, -0.2) is 64.7 Å². The lowest BCUT2D eigenvalue weighted by Crippen LogP contribution is -2.31. The maximum Gasteiger partial charge on any atom is 0.231 e. The summed E-state index contributed by atoms with van der Waals surface area (Å²) in [5, 5.41) is 6.04. The van der Waals surface area contributed by atoms with Crippen LogP contribution in [0.25, 0.3) is 11.2 Å². The Balaban J connectivity index is 1.49. The fourth-order valence-corrected chi connectivity index (χ4v) is 7.00. The Morgan fingerprint density at radius 2 is 1.70 bits per heavy atom. The zero-order valence-electron chi connectivity index (χ0n) is 26.1. The van der Waals surface area contributed by atoms with Gasteiger partial charge in [0.25, 0.3) is 0 Å². The Morgan fingerprint density at radius 1 is 0.977 bits per heavy atom. The second-order valence-corrected chi connectivity index (χ2v) is 14.7. The summed E-state index contributed by atoms with van der Waals surface area (Å²) in [4.78, 5) is 19.4. The van der Waals surface area contributed by atoms with Gasteiger partial charge in [-0.2, -0.15) is 9.97 Å². The number of nitrogens with one attached hydrogen (secondary N) is 3. The third kappa shape index (κ3) is 6.62. The van der Waals surface area contributed by atoms with Crippen molar-refractivity contribution in [1.82, 2.24) is 24.8 Å². The molecule has 11 heteroatoms. The lowest BCUT2D eigenvalue weighted by molar-refractivity contribution is 0.215. The second kappa shape index (κ2) is 12.5. The number of anilines is 4. The minimum Gasteiger partial charge on any atom is -0.489 e. The molecule has 1 fully saturated rings. The van der Waals surface area contributed by atoms with Crippen molar-refractivity contribution in [3.8, 4) is 5.75 Å². The molecule has 230 valence electrons. The molecule has 0 aliphatic heterocycles. The summed E-state index contributed by atoms with van der Waals surface area (Å²) in [6.45, 7) is 9.52. The molecule has 4 aromatic rings. The first-order chi connectivity index (χ1) is 20.4. The number of ether oxygens (including phenoxy) is 1. The zero-order chi connectivity index (χ0) is 30.9. The van der Waals surface area contributed by atoms with Gasteiger partial charge in [-0.3, -0.25) is 0 Å². The van der Waals surface area contributed by atoms with Crippen molar-refractivity contribution in [2.45, 2.75) is 88.5 Å². The molecular weight excluding hydrogens is 562 g/mol. The lowest BCUT2D eigenvalue weighted by atomic mass is 9.80. The van der Waals surface area contributed by atoms with E-state index >= 15 is 0 Å². The quantitative estimate of drug-likeness (QED) is 0.181. The van der Waals surface area contributed by atoms with Crippen molar-refractivity contribution in [3.05, 3.63) is 53.9 Å². The number of sulfone groups is 1. The largest absolute Gasteiger partial charge is 0.489 e. The molecule has 0 radical (unpaired) electrons. The van der Waals surface area contributed by atoms with Crippen LogP contribution in [-0.2, 0) is 9.84 Å². The maximum absolute atomic E-state index is 13.1. The molecule has 0 unspecified atom stereocenters. The van der Waals surface area contributed by atoms with Gasteiger partial charge in [-0.1, -0.05) is 12.1 Å². The molecule has 2 heterocycles. The van der Waals surface area contributed by atoms with Crippen LogP contribution in [0.2, 0.25) is 0 Å². The van der Waals surface area contributed by atoms with E-state index in [1.807, 2.05) is 13.8 Å². The van der Waals surface area contributed by atoms with E-state index in [2.05, 4.69) is 63.6 Å². The molecule has 1 aliphatic carbocycles. The third-order valence-electron chi connectivity index (χ3n) is 8.20. The van der Waals surface area contributed by atoms with E-state index in [4.69, 9.17) is 9.72 Å². The van der Waals surface area contributed by atoms with E-state index in [-0.39, 0.29) is 11.0 Å². The van der Waals surface area contributed by atoms with Crippen LogP contribution in [0.1, 0.15) is 70.4 Å². The van der Waals surface area contributed by atoms with Crippen LogP contribution in [0.15, 0.2) is 47.6 Å². The van der Waals surface area contributed by atoms with E-state index in [0.717, 1.165) is 24.3 Å². The van der Waals surface area contributed by atoms with Crippen LogP contribution in [0, 0.1) is 6.92 Å². The fraction of sp³-hybridized carbons (Fsp3) is 0.469. The zero-order valence-corrected chi connectivity index (χ0v) is 26.9. The molecule has 5 rings (SSSR count). The summed E-state index contributed by atoms with van der Waals surface area (Å²) < 4.78 is 32.5. The Kier molecular flexibility index (Phi) is 8.94. The molecular formula is C32H43N7O3S. The Bertz CT molecular complexity index is 1690. The molecule has 0 atom stereocenters. The van der Waals surface area contributed by atoms with Gasteiger partial charge in [0, 0.05) is 6.04 Å². The first-order valence-electron chi connectivity index (χ1n) is 15.0. The molecule has 0 saturated heterocycles. The first kappa shape index (κ1) is 30.7. The van der Waals surface area contributed by atoms with Gasteiger partial charge < -0.3 is 25.3 Å². The molecule has 2 aromatic carbocycles. The normalized spacial score (nSPS) is 17.6. The Morgan fingerprint density at radius 3 is 2.37 bits per heavy atom. The minimum absolute atomic E-state index is 0.0213. The molecule has 10 nitrogen and oxygen atoms in total. The molecule has 1 aliphatic rings. The van der Waals surface area contributed by atoms with E-state index in [9.17, 15) is 8.42 Å². The summed E-state index contributed by atoms with van der Waals surface area (Å²) in [5.74, 6) is 1.97. The lowest BCUT2D eigenvalue weighted by Gasteiger charge is -2.33. The van der Waals surface area contributed by atoms with Crippen molar-refractivity contribution in [3.63, 3.8) is 0 Å². The van der Waals surface area contributed by atoms with Gasteiger partial charge in [0.15, 0.2) is 21.3 Å². The van der Waals surface area contributed by atoms with Gasteiger partial charge in [0.2, 0.25) is 5.95 Å². The summed E-state index contributed by atoms with van der Waals surface area (Å²) in [7, 11) is 0.800. The van der Waals surface area contributed by atoms with Gasteiger partial charge >= 0.3 is 0 Å². The number of rotatable bonds is 10. The first-order valence-corrected chi connectivity index (χ1v) is 16.5. The Hall–Kier alpha value is -3.70. The number of para-hydroxylation sites is 1. The molecule has 0 spiro atoms. The molecule has 0 bridgehead atoms. The van der Waals surface area contributed by atoms with Gasteiger partial charge in [-0.05, 0) is 116 Å². The predicted octanol–water partition coefficient (Wildman–Crippen LogP) is 6.71. The minimum atomic E-state index is -3.54. The van der Waals surface area contributed by atoms with Crippen molar-refractivity contribution >= 4 is 44.1 Å². The van der Waals surface area contributed by atoms with Crippen molar-refractivity contribution in [2.24, 2.45) is 0 Å². The number of fused-ring (bicyclic) bond motifs is 1. The van der Waals surface area contributed by atoms with Crippen LogP contribution in [0.3, 0.4) is 0 Å². The standard InChI is InChI=1S/C32H43N7O3S/c1-19(2)42-27-17-24(22-12-14-23(15-13-22)39(6)7)21(5)16-26(27)36-32-37-30-29(33-18-34-30)31(38-32)35-25-10-8-9-11-28(25)43(40,41)20(3)4/h8-11,16-20,22-23H,12-15H2,1-7H3,(H3,33,34,35,36,37,38). The summed E-state index contributed by atoms with van der Waals surface area (Å²) in [5.41, 5.74) is 4.74. The smallest absolute Gasteiger partial charge is 0.231 e. The molecule has 1 saturated carbocycles. The number of hydrogen-bond acceptors (Lipinski definition) is 9. The van der Waals surface area contributed by atoms with Gasteiger partial charge in [0.05, 0.1) is 34.0 Å². The summed E-state index contributed by atoms with van der Waals surface area (Å²) >= 11 is 0. The number of hydrogen-bond donors (Lipinski definition) is 3. The van der Waals surface area contributed by atoms with E-state index < -0.39 is 15.1 Å². The van der Waals surface area contributed by atoms with Gasteiger partial charge in [-0.15, -0.1) is 0 Å². The van der Waals surface area contributed by atoms with Gasteiger partial charge in [0.1, 0.15) is 11.3 Å². The topological polar surface area (TPSA) is 125 Å². The average Bonchev–Trinajstić information content (AvgIpc) is 3.43. The molecule has 0 amide bonds. The third-order valence-corrected chi connectivity index (χ3v) is 10.4. The number of aryl methyl sites for hydroxylation is 1. The van der Waals surface area contributed by atoms with Crippen LogP contribution < -0.4 is 15.4 Å². The molecule has 43 heavy (non-hydrogen) atoms. The van der Waals surface area contributed by atoms with Crippen molar-refractivity contribution < 1.29 is 13.2 Å². The predicted molar refractivity (Wildman–Crippen MR) is 173 cm³/mol. The molecule has 2 aromatic heterocycles. The summed E-state index contributed by atoms with van der Waals surface area (Å²) in [6, 6.07) is 11.8. The highest BCUT2D eigenvalue weighted by atomic mass is 32.2. The average molecular weight is 606 g/mol. The van der Waals surface area contributed by atoms with Crippen LogP contribution in [0.5, 0.6) is 5.75 Å². The van der Waals surface area contributed by atoms with Crippen LogP contribution >= 0.6 is 0 Å². The van der Waals surface area contributed by atoms with Crippen LogP contribution in [0.4, 0.5) is 23.1 Å². The number of aromatic nitrogens is 4. The summed E-state index contributed by atoms with van der Waals surface area (Å²) in [6.07, 6.45) is 6.20. The highest BCUT2D eigenvalue weighted by Crippen LogP contribution is 2.41. The molecule has 3 N–H and O–H groups in total. The van der Waals surface area contributed by atoms with Gasteiger partial charge in [-0.25, -0.2) is 13.4 Å². The van der Waals surface area contributed by atoms with E-state index in [0.29, 0.717) is 40.6 Å². The van der Waals surface area contributed by atoms with E-state index in [1.165, 1.54) is 24.0 Å². The fourth-order valence-electron chi connectivity index (χ4n) is 5.80. The highest BCUT2D eigenvalue weighted by Gasteiger charge is 2.27. The number of H-pyrrole nitrogens is 1.